The van der Waals surface area contributed by atoms with Gasteiger partial charge >= 0.3 is 5.97 Å². The first-order chi connectivity index (χ1) is 12.2. The first-order valence-electron chi connectivity index (χ1n) is 8.21. The number of carbonyl (C=O) groups excluding carboxylic acids is 1. The highest BCUT2D eigenvalue weighted by Gasteiger charge is 2.34. The van der Waals surface area contributed by atoms with Crippen molar-refractivity contribution in [3.63, 3.8) is 0 Å². The number of hydrogen-bond donors (Lipinski definition) is 0. The third-order valence-electron chi connectivity index (χ3n) is 3.87. The number of benzene rings is 2. The van der Waals surface area contributed by atoms with E-state index in [1.54, 1.807) is 21.1 Å². The summed E-state index contributed by atoms with van der Waals surface area (Å²) in [4.78, 5) is 11.1. The molecule has 0 radical (unpaired) electrons. The van der Waals surface area contributed by atoms with Crippen LogP contribution in [0.2, 0.25) is 0 Å². The van der Waals surface area contributed by atoms with Crippen LogP contribution in [0.5, 0.6) is 5.75 Å². The Balaban J connectivity index is 2.08. The summed E-state index contributed by atoms with van der Waals surface area (Å²) in [5.74, 6) is -0.520. The fraction of sp³-hybridized carbons (Fsp3) is 0.350. The molecule has 0 aromatic heterocycles. The highest BCUT2D eigenvalue weighted by molar-refractivity contribution is 5.68. The third kappa shape index (κ3) is 4.59. The van der Waals surface area contributed by atoms with Crippen LogP contribution in [-0.4, -0.2) is 33.4 Å². The Morgan fingerprint density at radius 3 is 2.04 bits per heavy atom. The van der Waals surface area contributed by atoms with Crippen molar-refractivity contribution in [2.45, 2.75) is 19.1 Å². The van der Waals surface area contributed by atoms with Crippen molar-refractivity contribution < 1.29 is 23.7 Å². The van der Waals surface area contributed by atoms with Gasteiger partial charge in [-0.05, 0) is 24.3 Å². The van der Waals surface area contributed by atoms with E-state index in [4.69, 9.17) is 18.9 Å². The summed E-state index contributed by atoms with van der Waals surface area (Å²) in [7, 11) is 3.23. The zero-order valence-electron chi connectivity index (χ0n) is 14.9. The molecule has 0 bridgehead atoms. The lowest BCUT2D eigenvalue weighted by molar-refractivity contribution is -0.183. The summed E-state index contributed by atoms with van der Waals surface area (Å²) in [6.45, 7) is 2.30. The predicted octanol–water partition coefficient (Wildman–Crippen LogP) is 3.51. The Morgan fingerprint density at radius 2 is 1.48 bits per heavy atom. The van der Waals surface area contributed by atoms with Crippen molar-refractivity contribution in [3.8, 4) is 5.75 Å². The van der Waals surface area contributed by atoms with Gasteiger partial charge in [0.2, 0.25) is 5.79 Å². The largest absolute Gasteiger partial charge is 0.490 e. The second-order valence-electron chi connectivity index (χ2n) is 5.34. The Kier molecular flexibility index (Phi) is 6.98. The van der Waals surface area contributed by atoms with Crippen molar-refractivity contribution in [2.75, 3.05) is 27.4 Å². The average Bonchev–Trinajstić information content (AvgIpc) is 2.68. The van der Waals surface area contributed by atoms with Crippen molar-refractivity contribution >= 4 is 5.97 Å². The quantitative estimate of drug-likeness (QED) is 0.396. The standard InChI is InChI=1S/C20H24O5/c1-4-19(21)25-15-14-24-18-12-10-17(11-13-18)20(22-2,23-3)16-8-6-5-7-9-16/h5-13H,4,14-15H2,1-3H3. The molecule has 0 saturated carbocycles. The Labute approximate surface area is 148 Å². The van der Waals surface area contributed by atoms with Crippen LogP contribution in [-0.2, 0) is 24.8 Å². The van der Waals surface area contributed by atoms with E-state index in [1.807, 2.05) is 54.6 Å². The second kappa shape index (κ2) is 9.20. The number of ether oxygens (including phenoxy) is 4. The average molecular weight is 344 g/mol. The van der Waals surface area contributed by atoms with Gasteiger partial charge in [0.15, 0.2) is 0 Å². The van der Waals surface area contributed by atoms with Crippen molar-refractivity contribution in [3.05, 3.63) is 65.7 Å². The summed E-state index contributed by atoms with van der Waals surface area (Å²) >= 11 is 0. The van der Waals surface area contributed by atoms with Gasteiger partial charge in [-0.3, -0.25) is 4.79 Å². The van der Waals surface area contributed by atoms with Crippen LogP contribution in [0.1, 0.15) is 24.5 Å². The molecule has 0 aliphatic heterocycles. The molecule has 2 aromatic carbocycles. The van der Waals surface area contributed by atoms with Gasteiger partial charge in [0.05, 0.1) is 0 Å². The van der Waals surface area contributed by atoms with Gasteiger partial charge < -0.3 is 18.9 Å². The van der Waals surface area contributed by atoms with Gasteiger partial charge in [-0.15, -0.1) is 0 Å². The van der Waals surface area contributed by atoms with E-state index >= 15 is 0 Å². The van der Waals surface area contributed by atoms with E-state index in [0.717, 1.165) is 11.1 Å². The third-order valence-corrected chi connectivity index (χ3v) is 3.87. The zero-order chi connectivity index (χ0) is 18.1. The van der Waals surface area contributed by atoms with Crippen LogP contribution in [0, 0.1) is 0 Å². The molecule has 0 aliphatic carbocycles. The molecule has 0 heterocycles. The van der Waals surface area contributed by atoms with E-state index in [-0.39, 0.29) is 12.6 Å². The molecule has 0 amide bonds. The highest BCUT2D eigenvalue weighted by atomic mass is 16.7. The molecular weight excluding hydrogens is 320 g/mol. The first kappa shape index (κ1) is 19.0. The number of rotatable bonds is 9. The molecule has 0 atom stereocenters. The molecule has 0 fully saturated rings. The molecule has 25 heavy (non-hydrogen) atoms. The molecule has 5 heteroatoms. The van der Waals surface area contributed by atoms with E-state index in [9.17, 15) is 4.79 Å². The lowest BCUT2D eigenvalue weighted by Gasteiger charge is -2.31. The van der Waals surface area contributed by atoms with Crippen molar-refractivity contribution in [2.24, 2.45) is 0 Å². The van der Waals surface area contributed by atoms with Crippen LogP contribution in [0.3, 0.4) is 0 Å². The number of carbonyl (C=O) groups is 1. The molecule has 0 unspecified atom stereocenters. The summed E-state index contributed by atoms with van der Waals surface area (Å²) in [5, 5.41) is 0. The van der Waals surface area contributed by atoms with E-state index in [1.165, 1.54) is 0 Å². The van der Waals surface area contributed by atoms with E-state index in [2.05, 4.69) is 0 Å². The van der Waals surface area contributed by atoms with E-state index < -0.39 is 5.79 Å². The van der Waals surface area contributed by atoms with Gasteiger partial charge in [0.25, 0.3) is 0 Å². The SMILES string of the molecule is CCC(=O)OCCOc1ccc(C(OC)(OC)c2ccccc2)cc1. The predicted molar refractivity (Wildman–Crippen MR) is 94.4 cm³/mol. The maximum Gasteiger partial charge on any atom is 0.305 e. The lowest BCUT2D eigenvalue weighted by atomic mass is 9.97. The summed E-state index contributed by atoms with van der Waals surface area (Å²) in [6, 6.07) is 17.2. The van der Waals surface area contributed by atoms with E-state index in [0.29, 0.717) is 18.8 Å². The molecule has 134 valence electrons. The minimum Gasteiger partial charge on any atom is -0.490 e. The van der Waals surface area contributed by atoms with Crippen LogP contribution in [0.25, 0.3) is 0 Å². The number of methoxy groups -OCH3 is 2. The molecular formula is C20H24O5. The molecule has 2 aromatic rings. The maximum absolute atomic E-state index is 11.1. The normalized spacial score (nSPS) is 11.2. The minimum atomic E-state index is -0.976. The van der Waals surface area contributed by atoms with Crippen LogP contribution in [0.4, 0.5) is 0 Å². The molecule has 2 rings (SSSR count). The topological polar surface area (TPSA) is 54.0 Å². The number of esters is 1. The van der Waals surface area contributed by atoms with Crippen LogP contribution < -0.4 is 4.74 Å². The van der Waals surface area contributed by atoms with Gasteiger partial charge in [0.1, 0.15) is 19.0 Å². The van der Waals surface area contributed by atoms with Gasteiger partial charge in [0, 0.05) is 31.8 Å². The number of hydrogen-bond acceptors (Lipinski definition) is 5. The Bertz CT molecular complexity index is 648. The van der Waals surface area contributed by atoms with Gasteiger partial charge in [-0.1, -0.05) is 37.3 Å². The fourth-order valence-electron chi connectivity index (χ4n) is 2.57. The molecule has 5 nitrogen and oxygen atoms in total. The highest BCUT2D eigenvalue weighted by Crippen LogP contribution is 2.34. The van der Waals surface area contributed by atoms with Gasteiger partial charge in [-0.2, -0.15) is 0 Å². The lowest BCUT2D eigenvalue weighted by Crippen LogP contribution is -2.32. The summed E-state index contributed by atoms with van der Waals surface area (Å²) in [5.41, 5.74) is 1.76. The monoisotopic (exact) mass is 344 g/mol. The molecule has 0 N–H and O–H groups in total. The first-order valence-corrected chi connectivity index (χ1v) is 8.21. The fourth-order valence-corrected chi connectivity index (χ4v) is 2.57. The smallest absolute Gasteiger partial charge is 0.305 e. The van der Waals surface area contributed by atoms with Gasteiger partial charge in [-0.25, -0.2) is 0 Å². The van der Waals surface area contributed by atoms with Crippen LogP contribution in [0.15, 0.2) is 54.6 Å². The molecule has 0 saturated heterocycles. The molecule has 0 spiro atoms. The second-order valence-corrected chi connectivity index (χ2v) is 5.34. The van der Waals surface area contributed by atoms with Crippen molar-refractivity contribution in [1.29, 1.82) is 0 Å². The minimum absolute atomic E-state index is 0.230. The Hall–Kier alpha value is -2.37. The Morgan fingerprint density at radius 1 is 0.880 bits per heavy atom. The summed E-state index contributed by atoms with van der Waals surface area (Å²) in [6.07, 6.45) is 0.365. The summed E-state index contributed by atoms with van der Waals surface area (Å²) < 4.78 is 22.0. The maximum atomic E-state index is 11.1. The zero-order valence-corrected chi connectivity index (χ0v) is 14.9. The van der Waals surface area contributed by atoms with Crippen molar-refractivity contribution in [1.82, 2.24) is 0 Å². The molecule has 0 aliphatic rings. The van der Waals surface area contributed by atoms with Crippen LogP contribution >= 0.6 is 0 Å².